The summed E-state index contributed by atoms with van der Waals surface area (Å²) in [6, 6.07) is 0. The van der Waals surface area contributed by atoms with Crippen molar-refractivity contribution in [2.45, 2.75) is 86.2 Å². The van der Waals surface area contributed by atoms with Crippen molar-refractivity contribution in [3.8, 4) is 12.3 Å². The molecule has 0 aromatic carbocycles. The number of hydrogen-bond acceptors (Lipinski definition) is 8. The van der Waals surface area contributed by atoms with Crippen molar-refractivity contribution in [2.75, 3.05) is 6.61 Å². The van der Waals surface area contributed by atoms with Crippen LogP contribution in [0.2, 0.25) is 0 Å². The Morgan fingerprint density at radius 3 is 2.24 bits per heavy atom. The molecule has 3 aliphatic rings. The number of nitrogens with one attached hydrogen (secondary N) is 1. The van der Waals surface area contributed by atoms with E-state index in [0.29, 0.717) is 0 Å². The topological polar surface area (TPSA) is 113 Å². The van der Waals surface area contributed by atoms with Gasteiger partial charge in [-0.1, -0.05) is 40.7 Å². The number of rotatable bonds is 5. The van der Waals surface area contributed by atoms with Gasteiger partial charge in [0.05, 0.1) is 18.8 Å². The first-order chi connectivity index (χ1) is 15.1. The SMILES string of the molecule is C#C[C@@H](OC(C)=O)[C@]1(NC(=O)C(Cl)(Cl)Cl)C[C@H](OC(C)=O)[C@@]2(C)O[C@H]2[C@@H]1[C@H]1COC(C)(C)O1. The van der Waals surface area contributed by atoms with E-state index in [2.05, 4.69) is 11.2 Å². The Labute approximate surface area is 207 Å². The summed E-state index contributed by atoms with van der Waals surface area (Å²) in [6.07, 6.45) is 2.23. The van der Waals surface area contributed by atoms with Crippen LogP contribution in [0.5, 0.6) is 0 Å². The molecule has 184 valence electrons. The number of alkyl halides is 3. The predicted octanol–water partition coefficient (Wildman–Crippen LogP) is 2.04. The van der Waals surface area contributed by atoms with E-state index < -0.39 is 68.9 Å². The third-order valence-electron chi connectivity index (χ3n) is 6.22. The Morgan fingerprint density at radius 1 is 1.15 bits per heavy atom. The van der Waals surface area contributed by atoms with Crippen LogP contribution in [0.4, 0.5) is 0 Å². The number of halogens is 3. The van der Waals surface area contributed by atoms with Crippen LogP contribution in [0.3, 0.4) is 0 Å². The van der Waals surface area contributed by atoms with Gasteiger partial charge in [-0.2, -0.15) is 0 Å². The van der Waals surface area contributed by atoms with E-state index in [1.54, 1.807) is 20.8 Å². The average molecular weight is 527 g/mol. The van der Waals surface area contributed by atoms with Crippen molar-refractivity contribution >= 4 is 52.6 Å². The number of epoxide rings is 1. The van der Waals surface area contributed by atoms with Crippen LogP contribution < -0.4 is 5.32 Å². The molecule has 9 nitrogen and oxygen atoms in total. The van der Waals surface area contributed by atoms with Gasteiger partial charge in [-0.05, 0) is 20.8 Å². The molecule has 2 saturated heterocycles. The Kier molecular flexibility index (Phi) is 6.97. The van der Waals surface area contributed by atoms with Crippen molar-refractivity contribution in [2.24, 2.45) is 5.92 Å². The minimum absolute atomic E-state index is 0.0980. The van der Waals surface area contributed by atoms with Crippen LogP contribution in [0, 0.1) is 18.3 Å². The van der Waals surface area contributed by atoms with Gasteiger partial charge in [-0.15, -0.1) is 6.42 Å². The van der Waals surface area contributed by atoms with Crippen molar-refractivity contribution in [3.05, 3.63) is 0 Å². The molecule has 12 heteroatoms. The van der Waals surface area contributed by atoms with Gasteiger partial charge in [0.2, 0.25) is 0 Å². The number of terminal acetylenes is 1. The maximum absolute atomic E-state index is 12.9. The molecule has 0 spiro atoms. The lowest BCUT2D eigenvalue weighted by Crippen LogP contribution is -2.72. The van der Waals surface area contributed by atoms with E-state index in [0.717, 1.165) is 0 Å². The van der Waals surface area contributed by atoms with E-state index in [4.69, 9.17) is 64.9 Å². The van der Waals surface area contributed by atoms with Gasteiger partial charge < -0.3 is 29.0 Å². The maximum atomic E-state index is 12.9. The van der Waals surface area contributed by atoms with Gasteiger partial charge >= 0.3 is 11.9 Å². The first kappa shape index (κ1) is 26.3. The molecule has 2 aliphatic heterocycles. The molecule has 33 heavy (non-hydrogen) atoms. The summed E-state index contributed by atoms with van der Waals surface area (Å²) < 4.78 is 26.5. The lowest BCUT2D eigenvalue weighted by atomic mass is 9.63. The standard InChI is InChI=1S/C21H26Cl3NO8/c1-7-13(30-10(2)26)20(25-17(28)21(22,23)24)8-14(31-11(3)27)19(6)16(33-19)15(20)12-9-29-18(4,5)32-12/h1,12-16H,8-9H2,2-6H3,(H,25,28)/t12-,13-,14+,15+,16+,19-,20-/m1/s1. The van der Waals surface area contributed by atoms with Gasteiger partial charge in [0.15, 0.2) is 11.9 Å². The number of fused-ring (bicyclic) bond motifs is 1. The summed E-state index contributed by atoms with van der Waals surface area (Å²) in [6.45, 7) is 7.79. The third-order valence-corrected chi connectivity index (χ3v) is 6.73. The van der Waals surface area contributed by atoms with Gasteiger partial charge in [0.25, 0.3) is 9.70 Å². The molecule has 1 amide bonds. The zero-order valence-electron chi connectivity index (χ0n) is 18.8. The quantitative estimate of drug-likeness (QED) is 0.251. The van der Waals surface area contributed by atoms with E-state index >= 15 is 0 Å². The monoisotopic (exact) mass is 525 g/mol. The fourth-order valence-electron chi connectivity index (χ4n) is 4.84. The Balaban J connectivity index is 2.16. The number of carbonyl (C=O) groups excluding carboxylic acids is 3. The average Bonchev–Trinajstić information content (AvgIpc) is 3.22. The van der Waals surface area contributed by atoms with E-state index in [1.807, 2.05) is 0 Å². The fraction of sp³-hybridized carbons (Fsp3) is 0.762. The molecule has 0 aromatic heterocycles. The van der Waals surface area contributed by atoms with Crippen molar-refractivity contribution in [1.82, 2.24) is 5.32 Å². The highest BCUT2D eigenvalue weighted by Crippen LogP contribution is 2.58. The minimum Gasteiger partial charge on any atom is -0.459 e. The number of carbonyl (C=O) groups is 3. The van der Waals surface area contributed by atoms with Gasteiger partial charge in [0, 0.05) is 26.2 Å². The molecule has 0 aromatic rings. The summed E-state index contributed by atoms with van der Waals surface area (Å²) in [5.74, 6) is -1.49. The largest absolute Gasteiger partial charge is 0.459 e. The molecule has 3 fully saturated rings. The van der Waals surface area contributed by atoms with Gasteiger partial charge in [-0.25, -0.2) is 0 Å². The predicted molar refractivity (Wildman–Crippen MR) is 117 cm³/mol. The van der Waals surface area contributed by atoms with Crippen LogP contribution >= 0.6 is 34.8 Å². The summed E-state index contributed by atoms with van der Waals surface area (Å²) in [5, 5.41) is 2.70. The van der Waals surface area contributed by atoms with Gasteiger partial charge in [-0.3, -0.25) is 14.4 Å². The third kappa shape index (κ3) is 5.07. The second-order valence-electron chi connectivity index (χ2n) is 9.07. The molecule has 7 atom stereocenters. The molecule has 1 N–H and O–H groups in total. The van der Waals surface area contributed by atoms with Crippen LogP contribution in [0.25, 0.3) is 0 Å². The lowest BCUT2D eigenvalue weighted by Gasteiger charge is -2.50. The molecule has 3 rings (SSSR count). The summed E-state index contributed by atoms with van der Waals surface area (Å²) in [5.41, 5.74) is -2.48. The van der Waals surface area contributed by atoms with Crippen LogP contribution in [0.1, 0.15) is 41.0 Å². The molecule has 0 radical (unpaired) electrons. The second-order valence-corrected chi connectivity index (χ2v) is 11.3. The first-order valence-corrected chi connectivity index (χ1v) is 11.4. The molecule has 1 aliphatic carbocycles. The van der Waals surface area contributed by atoms with Crippen molar-refractivity contribution < 1.29 is 38.1 Å². The Morgan fingerprint density at radius 2 is 1.79 bits per heavy atom. The Bertz CT molecular complexity index is 884. The molecule has 1 saturated carbocycles. The zero-order valence-corrected chi connectivity index (χ0v) is 21.0. The second kappa shape index (κ2) is 8.74. The van der Waals surface area contributed by atoms with E-state index in [-0.39, 0.29) is 13.0 Å². The van der Waals surface area contributed by atoms with Crippen molar-refractivity contribution in [3.63, 3.8) is 0 Å². The highest BCUT2D eigenvalue weighted by atomic mass is 35.6. The highest BCUT2D eigenvalue weighted by molar-refractivity contribution is 6.76. The summed E-state index contributed by atoms with van der Waals surface area (Å²) >= 11 is 17.6. The van der Waals surface area contributed by atoms with Crippen LogP contribution in [-0.2, 0) is 38.1 Å². The number of ether oxygens (including phenoxy) is 5. The van der Waals surface area contributed by atoms with E-state index in [9.17, 15) is 14.4 Å². The summed E-state index contributed by atoms with van der Waals surface area (Å²) in [4.78, 5) is 36.7. The van der Waals surface area contributed by atoms with Crippen LogP contribution in [0.15, 0.2) is 0 Å². The smallest absolute Gasteiger partial charge is 0.303 e. The number of hydrogen-bond donors (Lipinski definition) is 1. The maximum Gasteiger partial charge on any atom is 0.303 e. The fourth-order valence-corrected chi connectivity index (χ4v) is 4.98. The zero-order chi connectivity index (χ0) is 25.0. The molecular formula is C21H26Cl3NO8. The van der Waals surface area contributed by atoms with Gasteiger partial charge in [0.1, 0.15) is 17.2 Å². The molecular weight excluding hydrogens is 501 g/mol. The lowest BCUT2D eigenvalue weighted by molar-refractivity contribution is -0.172. The number of esters is 2. The molecule has 0 unspecified atom stereocenters. The normalized spacial score (nSPS) is 37.8. The van der Waals surface area contributed by atoms with Crippen LogP contribution in [-0.4, -0.2) is 69.6 Å². The summed E-state index contributed by atoms with van der Waals surface area (Å²) in [7, 11) is 0. The Hall–Kier alpha value is -1.28. The van der Waals surface area contributed by atoms with E-state index in [1.165, 1.54) is 13.8 Å². The minimum atomic E-state index is -2.36. The number of amides is 1. The first-order valence-electron chi connectivity index (χ1n) is 10.3. The molecule has 0 bridgehead atoms. The molecule has 2 heterocycles. The van der Waals surface area contributed by atoms with Crippen molar-refractivity contribution in [1.29, 1.82) is 0 Å². The highest BCUT2D eigenvalue weighted by Gasteiger charge is 2.75.